The highest BCUT2D eigenvalue weighted by Gasteiger charge is 2.45. The lowest BCUT2D eigenvalue weighted by atomic mass is 9.97. The Kier molecular flexibility index (Phi) is 7.73. The summed E-state index contributed by atoms with van der Waals surface area (Å²) in [6.45, 7) is 34.6. The van der Waals surface area contributed by atoms with Crippen LogP contribution in [0.3, 0.4) is 0 Å². The first-order chi connectivity index (χ1) is 11.8. The van der Waals surface area contributed by atoms with Crippen LogP contribution in [0.5, 0.6) is 0 Å². The van der Waals surface area contributed by atoms with Crippen LogP contribution in [-0.4, -0.2) is 31.9 Å². The van der Waals surface area contributed by atoms with Crippen molar-refractivity contribution in [1.29, 1.82) is 0 Å². The molecule has 0 spiro atoms. The minimum Gasteiger partial charge on any atom is -0.0918 e. The molecule has 0 aromatic carbocycles. The third-order valence-corrected chi connectivity index (χ3v) is 13.7. The number of rotatable bonds is 4. The van der Waals surface area contributed by atoms with Gasteiger partial charge in [0.05, 0.1) is 0 Å². The average Bonchev–Trinajstić information content (AvgIpc) is 2.79. The molecule has 0 fully saturated rings. The third kappa shape index (κ3) is 6.16. The lowest BCUT2D eigenvalue weighted by molar-refractivity contribution is 0.634. The van der Waals surface area contributed by atoms with Gasteiger partial charge in [0.2, 0.25) is 0 Å². The maximum Gasteiger partial charge on any atom is 0.00545 e. The number of hydrogen-bond donors (Lipinski definition) is 0. The summed E-state index contributed by atoms with van der Waals surface area (Å²) in [4.78, 5) is 0. The second kappa shape index (κ2) is 8.23. The molecule has 0 radical (unpaired) electrons. The molecule has 0 aliphatic heterocycles. The van der Waals surface area contributed by atoms with Crippen molar-refractivity contribution in [2.24, 2.45) is 5.92 Å². The molecule has 0 heterocycles. The second-order valence-corrected chi connectivity index (χ2v) is 20.9. The highest BCUT2D eigenvalue weighted by molar-refractivity contribution is 7.62. The molecular weight excluding hydrogens is 362 g/mol. The minimum absolute atomic E-state index is 0.127. The van der Waals surface area contributed by atoms with E-state index in [-0.39, 0.29) is 15.8 Å². The Morgan fingerprint density at radius 1 is 0.667 bits per heavy atom. The summed E-state index contributed by atoms with van der Waals surface area (Å²) in [7, 11) is -0.270. The van der Waals surface area contributed by atoms with Gasteiger partial charge < -0.3 is 0 Å². The van der Waals surface area contributed by atoms with Gasteiger partial charge in [-0.3, -0.25) is 0 Å². The molecule has 0 N–H and O–H groups in total. The summed E-state index contributed by atoms with van der Waals surface area (Å²) in [5.74, 6) is 0.610. The fraction of sp³-hybridized carbons (Fsp3) is 0.840. The van der Waals surface area contributed by atoms with E-state index in [1.54, 1.807) is 5.57 Å². The summed E-state index contributed by atoms with van der Waals surface area (Å²) in [6.07, 6.45) is 7.34. The van der Waals surface area contributed by atoms with E-state index in [0.29, 0.717) is 37.9 Å². The Bertz CT molecular complexity index is 527. The van der Waals surface area contributed by atoms with Crippen LogP contribution in [0.4, 0.5) is 0 Å². The van der Waals surface area contributed by atoms with Gasteiger partial charge in [0, 0.05) is 5.92 Å². The Morgan fingerprint density at radius 2 is 1.04 bits per heavy atom. The van der Waals surface area contributed by atoms with Gasteiger partial charge in [-0.05, 0) is 31.9 Å². The van der Waals surface area contributed by atoms with E-state index in [0.717, 1.165) is 0 Å². The molecule has 158 valence electrons. The SMILES string of the molecule is CC(C1=CC=CC1C(C)P(C(C)(C)C)C(C)(C)C)P(C(C)(C)C)C(C)(C)C. The van der Waals surface area contributed by atoms with Crippen molar-refractivity contribution in [1.82, 2.24) is 0 Å². The van der Waals surface area contributed by atoms with E-state index >= 15 is 0 Å². The third-order valence-electron chi connectivity index (χ3n) is 5.68. The molecule has 27 heavy (non-hydrogen) atoms. The van der Waals surface area contributed by atoms with Crippen molar-refractivity contribution in [2.75, 3.05) is 0 Å². The maximum atomic E-state index is 2.54. The molecule has 0 saturated heterocycles. The van der Waals surface area contributed by atoms with Crippen LogP contribution in [-0.2, 0) is 0 Å². The standard InChI is InChI=1S/C25H48P2/c1-18(26(22(3,4)5)23(6,7)8)20-16-15-17-21(20)19(2)27(24(9,10)11)25(12,13)14/h15-20H,1-14H3. The Morgan fingerprint density at radius 3 is 1.37 bits per heavy atom. The lowest BCUT2D eigenvalue weighted by Gasteiger charge is -2.50. The normalized spacial score (nSPS) is 21.8. The minimum atomic E-state index is -0.143. The van der Waals surface area contributed by atoms with Crippen molar-refractivity contribution < 1.29 is 0 Å². The fourth-order valence-electron chi connectivity index (χ4n) is 6.07. The number of allylic oxidation sites excluding steroid dienone is 4. The highest BCUT2D eigenvalue weighted by atomic mass is 31.1. The van der Waals surface area contributed by atoms with Gasteiger partial charge in [0.25, 0.3) is 0 Å². The predicted octanol–water partition coefficient (Wildman–Crippen LogP) is 9.03. The maximum absolute atomic E-state index is 2.54. The summed E-state index contributed by atoms with van der Waals surface area (Å²) in [6, 6.07) is 0. The van der Waals surface area contributed by atoms with Crippen molar-refractivity contribution in [3.05, 3.63) is 23.8 Å². The van der Waals surface area contributed by atoms with Gasteiger partial charge in [-0.15, -0.1) is 0 Å². The molecule has 0 nitrogen and oxygen atoms in total. The van der Waals surface area contributed by atoms with Gasteiger partial charge in [-0.1, -0.05) is 137 Å². The Balaban J connectivity index is 3.29. The first kappa shape index (κ1) is 25.4. The molecule has 0 saturated carbocycles. The zero-order valence-electron chi connectivity index (χ0n) is 20.9. The first-order valence-electron chi connectivity index (χ1n) is 10.8. The van der Waals surface area contributed by atoms with Crippen LogP contribution in [0, 0.1) is 5.92 Å². The predicted molar refractivity (Wildman–Crippen MR) is 132 cm³/mol. The fourth-order valence-corrected chi connectivity index (χ4v) is 16.0. The van der Waals surface area contributed by atoms with E-state index in [4.69, 9.17) is 0 Å². The highest BCUT2D eigenvalue weighted by Crippen LogP contribution is 2.68. The van der Waals surface area contributed by atoms with Gasteiger partial charge in [-0.2, -0.15) is 0 Å². The van der Waals surface area contributed by atoms with Gasteiger partial charge in [-0.25, -0.2) is 0 Å². The lowest BCUT2D eigenvalue weighted by Crippen LogP contribution is -2.36. The Labute approximate surface area is 174 Å². The zero-order valence-corrected chi connectivity index (χ0v) is 22.6. The van der Waals surface area contributed by atoms with Crippen LogP contribution in [0.2, 0.25) is 0 Å². The Hall–Kier alpha value is 0.340. The van der Waals surface area contributed by atoms with Gasteiger partial charge in [0.1, 0.15) is 0 Å². The molecule has 3 unspecified atom stereocenters. The zero-order chi connectivity index (χ0) is 21.6. The summed E-state index contributed by atoms with van der Waals surface area (Å²) in [5.41, 5.74) is 3.09. The molecule has 1 aliphatic carbocycles. The van der Waals surface area contributed by atoms with Crippen LogP contribution in [0.1, 0.15) is 96.9 Å². The largest absolute Gasteiger partial charge is 0.0918 e. The molecule has 3 atom stereocenters. The van der Waals surface area contributed by atoms with Crippen LogP contribution < -0.4 is 0 Å². The van der Waals surface area contributed by atoms with E-state index in [1.165, 1.54) is 0 Å². The van der Waals surface area contributed by atoms with Crippen molar-refractivity contribution in [2.45, 2.75) is 129 Å². The quantitative estimate of drug-likeness (QED) is 0.405. The molecule has 1 rings (SSSR count). The van der Waals surface area contributed by atoms with Crippen LogP contribution in [0.15, 0.2) is 23.8 Å². The van der Waals surface area contributed by atoms with Crippen LogP contribution >= 0.6 is 15.8 Å². The molecule has 0 aromatic heterocycles. The molecule has 1 aliphatic rings. The van der Waals surface area contributed by atoms with Crippen molar-refractivity contribution in [3.8, 4) is 0 Å². The monoisotopic (exact) mass is 410 g/mol. The van der Waals surface area contributed by atoms with Crippen molar-refractivity contribution in [3.63, 3.8) is 0 Å². The smallest absolute Gasteiger partial charge is 0.00545 e. The average molecular weight is 411 g/mol. The van der Waals surface area contributed by atoms with E-state index in [1.807, 2.05) is 0 Å². The molecule has 2 heteroatoms. The first-order valence-corrected chi connectivity index (χ1v) is 13.6. The van der Waals surface area contributed by atoms with Crippen molar-refractivity contribution >= 4 is 15.8 Å². The summed E-state index contributed by atoms with van der Waals surface area (Å²) in [5, 5.41) is 1.47. The second-order valence-electron chi connectivity index (χ2n) is 12.4. The number of hydrogen-bond acceptors (Lipinski definition) is 0. The van der Waals surface area contributed by atoms with Gasteiger partial charge in [0.15, 0.2) is 0 Å². The van der Waals surface area contributed by atoms with Crippen LogP contribution in [0.25, 0.3) is 0 Å². The molecular formula is C25H48P2. The summed E-state index contributed by atoms with van der Waals surface area (Å²) < 4.78 is 0. The van der Waals surface area contributed by atoms with Gasteiger partial charge >= 0.3 is 0 Å². The molecule has 0 bridgehead atoms. The summed E-state index contributed by atoms with van der Waals surface area (Å²) >= 11 is 0. The molecule has 0 amide bonds. The molecule has 0 aromatic rings. The topological polar surface area (TPSA) is 0 Å². The van der Waals surface area contributed by atoms with E-state index in [2.05, 4.69) is 115 Å². The van der Waals surface area contributed by atoms with E-state index in [9.17, 15) is 0 Å². The van der Waals surface area contributed by atoms with E-state index < -0.39 is 0 Å².